The van der Waals surface area contributed by atoms with Gasteiger partial charge in [-0.1, -0.05) is 0 Å². The number of hydrogen-bond acceptors (Lipinski definition) is 3. The normalized spacial score (nSPS) is 19.7. The standard InChI is InChI=1S/C18H24FN3O2/c1-3-24-18(23)20-6-7-22(2)11-12-8-14(12)16-10-21-17-5-4-13(19)9-15(16)17/h4-5,9-10,12,14,21H,3,6-8,11H2,1-2H3,(H,20,23). The molecule has 2 N–H and O–H groups in total. The Bertz CT molecular complexity index is 715. The third-order valence-corrected chi connectivity index (χ3v) is 4.58. The molecule has 130 valence electrons. The van der Waals surface area contributed by atoms with E-state index in [-0.39, 0.29) is 11.9 Å². The predicted octanol–water partition coefficient (Wildman–Crippen LogP) is 3.09. The van der Waals surface area contributed by atoms with E-state index in [0.717, 1.165) is 30.4 Å². The van der Waals surface area contributed by atoms with Crippen molar-refractivity contribution in [1.82, 2.24) is 15.2 Å². The van der Waals surface area contributed by atoms with Crippen molar-refractivity contribution in [2.45, 2.75) is 19.3 Å². The highest BCUT2D eigenvalue weighted by Gasteiger charge is 2.40. The fourth-order valence-corrected chi connectivity index (χ4v) is 3.27. The van der Waals surface area contributed by atoms with Gasteiger partial charge in [0.05, 0.1) is 6.61 Å². The van der Waals surface area contributed by atoms with Crippen LogP contribution in [0.3, 0.4) is 0 Å². The minimum absolute atomic E-state index is 0.192. The van der Waals surface area contributed by atoms with Crippen molar-refractivity contribution in [1.29, 1.82) is 0 Å². The van der Waals surface area contributed by atoms with E-state index in [1.54, 1.807) is 19.1 Å². The van der Waals surface area contributed by atoms with Gasteiger partial charge in [0.2, 0.25) is 0 Å². The van der Waals surface area contributed by atoms with E-state index in [4.69, 9.17) is 4.74 Å². The summed E-state index contributed by atoms with van der Waals surface area (Å²) in [6.07, 6.45) is 2.77. The lowest BCUT2D eigenvalue weighted by atomic mass is 10.1. The summed E-state index contributed by atoms with van der Waals surface area (Å²) >= 11 is 0. The van der Waals surface area contributed by atoms with E-state index < -0.39 is 0 Å². The first-order chi connectivity index (χ1) is 11.6. The highest BCUT2D eigenvalue weighted by Crippen LogP contribution is 2.49. The number of aromatic amines is 1. The molecular formula is C18H24FN3O2. The van der Waals surface area contributed by atoms with Crippen LogP contribution in [-0.2, 0) is 4.74 Å². The van der Waals surface area contributed by atoms with Crippen molar-refractivity contribution < 1.29 is 13.9 Å². The molecule has 5 nitrogen and oxygen atoms in total. The third-order valence-electron chi connectivity index (χ3n) is 4.58. The summed E-state index contributed by atoms with van der Waals surface area (Å²) in [6, 6.07) is 4.89. The number of likely N-dealkylation sites (N-methyl/N-ethyl adjacent to an activating group) is 1. The van der Waals surface area contributed by atoms with E-state index in [1.165, 1.54) is 11.6 Å². The zero-order valence-corrected chi connectivity index (χ0v) is 14.1. The van der Waals surface area contributed by atoms with E-state index in [2.05, 4.69) is 22.2 Å². The summed E-state index contributed by atoms with van der Waals surface area (Å²) in [7, 11) is 2.05. The molecule has 1 aliphatic carbocycles. The number of ether oxygens (including phenoxy) is 1. The lowest BCUT2D eigenvalue weighted by Gasteiger charge is -2.16. The molecule has 6 heteroatoms. The Kier molecular flexibility index (Phi) is 5.04. The number of halogens is 1. The van der Waals surface area contributed by atoms with Gasteiger partial charge in [0.1, 0.15) is 5.82 Å². The molecule has 1 fully saturated rings. The van der Waals surface area contributed by atoms with E-state index in [9.17, 15) is 9.18 Å². The number of H-pyrrole nitrogens is 1. The van der Waals surface area contributed by atoms with Crippen molar-refractivity contribution in [3.63, 3.8) is 0 Å². The second-order valence-corrected chi connectivity index (χ2v) is 6.45. The van der Waals surface area contributed by atoms with Crippen LogP contribution in [0.4, 0.5) is 9.18 Å². The molecule has 2 aromatic rings. The maximum absolute atomic E-state index is 13.5. The average Bonchev–Trinajstić information content (AvgIpc) is 3.16. The fraction of sp³-hybridized carbons (Fsp3) is 0.500. The highest BCUT2D eigenvalue weighted by atomic mass is 19.1. The Morgan fingerprint density at radius 3 is 3.12 bits per heavy atom. The zero-order chi connectivity index (χ0) is 17.1. The van der Waals surface area contributed by atoms with Gasteiger partial charge in [0, 0.05) is 36.7 Å². The molecule has 2 unspecified atom stereocenters. The SMILES string of the molecule is CCOC(=O)NCCN(C)CC1CC1c1c[nH]c2ccc(F)cc12. The maximum atomic E-state index is 13.5. The molecule has 1 saturated carbocycles. The Hall–Kier alpha value is -2.08. The Labute approximate surface area is 141 Å². The number of alkyl carbamates (subject to hydrolysis) is 1. The quantitative estimate of drug-likeness (QED) is 0.819. The first kappa shape index (κ1) is 16.8. The van der Waals surface area contributed by atoms with Crippen LogP contribution in [0.15, 0.2) is 24.4 Å². The van der Waals surface area contributed by atoms with Crippen molar-refractivity contribution >= 4 is 17.0 Å². The number of rotatable bonds is 7. The molecule has 0 radical (unpaired) electrons. The highest BCUT2D eigenvalue weighted by molar-refractivity contribution is 5.84. The lowest BCUT2D eigenvalue weighted by Crippen LogP contribution is -2.34. The first-order valence-electron chi connectivity index (χ1n) is 8.44. The number of amides is 1. The van der Waals surface area contributed by atoms with Gasteiger partial charge in [-0.3, -0.25) is 0 Å². The van der Waals surface area contributed by atoms with Gasteiger partial charge < -0.3 is 19.9 Å². The van der Waals surface area contributed by atoms with Crippen LogP contribution in [0.2, 0.25) is 0 Å². The molecule has 0 bridgehead atoms. The smallest absolute Gasteiger partial charge is 0.407 e. The molecule has 2 atom stereocenters. The summed E-state index contributed by atoms with van der Waals surface area (Å²) in [4.78, 5) is 16.7. The maximum Gasteiger partial charge on any atom is 0.407 e. The minimum atomic E-state index is -0.365. The zero-order valence-electron chi connectivity index (χ0n) is 14.1. The molecule has 3 rings (SSSR count). The van der Waals surface area contributed by atoms with Crippen LogP contribution in [0.25, 0.3) is 10.9 Å². The van der Waals surface area contributed by atoms with Gasteiger partial charge >= 0.3 is 6.09 Å². The van der Waals surface area contributed by atoms with Crippen molar-refractivity contribution in [2.75, 3.05) is 33.3 Å². The Morgan fingerprint density at radius 1 is 1.50 bits per heavy atom. The largest absolute Gasteiger partial charge is 0.450 e. The number of benzene rings is 1. The molecule has 1 heterocycles. The third kappa shape index (κ3) is 3.87. The van der Waals surface area contributed by atoms with Crippen LogP contribution in [0, 0.1) is 11.7 Å². The molecule has 1 aromatic carbocycles. The predicted molar refractivity (Wildman–Crippen MR) is 91.6 cm³/mol. The summed E-state index contributed by atoms with van der Waals surface area (Å²) < 4.78 is 18.3. The van der Waals surface area contributed by atoms with Crippen molar-refractivity contribution in [3.8, 4) is 0 Å². The summed E-state index contributed by atoms with van der Waals surface area (Å²) in [5, 5.41) is 3.72. The van der Waals surface area contributed by atoms with Gasteiger partial charge in [-0.2, -0.15) is 0 Å². The molecule has 24 heavy (non-hydrogen) atoms. The van der Waals surface area contributed by atoms with E-state index in [0.29, 0.717) is 25.0 Å². The fourth-order valence-electron chi connectivity index (χ4n) is 3.27. The summed E-state index contributed by atoms with van der Waals surface area (Å²) in [5.41, 5.74) is 2.21. The van der Waals surface area contributed by atoms with Gasteiger partial charge in [-0.05, 0) is 56.0 Å². The summed E-state index contributed by atoms with van der Waals surface area (Å²) in [5.74, 6) is 0.878. The van der Waals surface area contributed by atoms with Crippen LogP contribution >= 0.6 is 0 Å². The second kappa shape index (κ2) is 7.21. The number of fused-ring (bicyclic) bond motifs is 1. The minimum Gasteiger partial charge on any atom is -0.450 e. The molecule has 0 saturated heterocycles. The van der Waals surface area contributed by atoms with Crippen molar-refractivity contribution in [2.24, 2.45) is 5.92 Å². The lowest BCUT2D eigenvalue weighted by molar-refractivity contribution is 0.151. The molecule has 1 aliphatic rings. The molecule has 1 aromatic heterocycles. The van der Waals surface area contributed by atoms with Crippen LogP contribution in [-0.4, -0.2) is 49.3 Å². The Morgan fingerprint density at radius 2 is 2.33 bits per heavy atom. The van der Waals surface area contributed by atoms with Crippen LogP contribution in [0.1, 0.15) is 24.8 Å². The van der Waals surface area contributed by atoms with Gasteiger partial charge in [-0.25, -0.2) is 9.18 Å². The topological polar surface area (TPSA) is 57.4 Å². The molecule has 0 aliphatic heterocycles. The van der Waals surface area contributed by atoms with Gasteiger partial charge in [0.25, 0.3) is 0 Å². The number of nitrogens with zero attached hydrogens (tertiary/aromatic N) is 1. The number of carbonyl (C=O) groups is 1. The Balaban J connectivity index is 1.48. The number of hydrogen-bond donors (Lipinski definition) is 2. The van der Waals surface area contributed by atoms with Crippen LogP contribution in [0.5, 0.6) is 0 Å². The van der Waals surface area contributed by atoms with Crippen LogP contribution < -0.4 is 5.32 Å². The number of nitrogens with one attached hydrogen (secondary N) is 2. The molecule has 0 spiro atoms. The van der Waals surface area contributed by atoms with E-state index in [1.807, 2.05) is 6.20 Å². The number of aromatic nitrogens is 1. The first-order valence-corrected chi connectivity index (χ1v) is 8.44. The number of carbonyl (C=O) groups excluding carboxylic acids is 1. The second-order valence-electron chi connectivity index (χ2n) is 6.45. The van der Waals surface area contributed by atoms with Crippen molar-refractivity contribution in [3.05, 3.63) is 35.8 Å². The molecular weight excluding hydrogens is 309 g/mol. The monoisotopic (exact) mass is 333 g/mol. The van der Waals surface area contributed by atoms with E-state index >= 15 is 0 Å². The molecule has 1 amide bonds. The van der Waals surface area contributed by atoms with Gasteiger partial charge in [0.15, 0.2) is 0 Å². The average molecular weight is 333 g/mol. The summed E-state index contributed by atoms with van der Waals surface area (Å²) in [6.45, 7) is 4.50. The van der Waals surface area contributed by atoms with Gasteiger partial charge in [-0.15, -0.1) is 0 Å².